The van der Waals surface area contributed by atoms with Crippen LogP contribution < -0.4 is 15.7 Å². The van der Waals surface area contributed by atoms with Gasteiger partial charge in [-0.05, 0) is 38.1 Å². The molecule has 1 atom stereocenters. The average molecular weight is 409 g/mol. The first-order valence-corrected chi connectivity index (χ1v) is 9.96. The van der Waals surface area contributed by atoms with E-state index in [0.717, 1.165) is 37.3 Å². The van der Waals surface area contributed by atoms with E-state index in [1.165, 1.54) is 0 Å². The molecule has 1 N–H and O–H groups in total. The average Bonchev–Trinajstić information content (AvgIpc) is 3.22. The van der Waals surface area contributed by atoms with Crippen LogP contribution in [0.3, 0.4) is 0 Å². The fraction of sp³-hybridized carbons (Fsp3) is 0.474. The highest BCUT2D eigenvalue weighted by molar-refractivity contribution is 6.42. The highest BCUT2D eigenvalue weighted by Crippen LogP contribution is 2.42. The minimum Gasteiger partial charge on any atom is -0.489 e. The van der Waals surface area contributed by atoms with Crippen molar-refractivity contribution < 1.29 is 4.74 Å². The smallest absolute Gasteiger partial charge is 0.346 e. The van der Waals surface area contributed by atoms with E-state index in [1.54, 1.807) is 21.4 Å². The lowest BCUT2D eigenvalue weighted by atomic mass is 9.96. The molecule has 0 amide bonds. The molecule has 1 saturated heterocycles. The summed E-state index contributed by atoms with van der Waals surface area (Å²) in [6.45, 7) is 6.44. The zero-order valence-corrected chi connectivity index (χ0v) is 16.5. The van der Waals surface area contributed by atoms with Crippen LogP contribution in [-0.2, 0) is 13.0 Å². The van der Waals surface area contributed by atoms with E-state index in [9.17, 15) is 4.79 Å². The van der Waals surface area contributed by atoms with Crippen LogP contribution in [-0.4, -0.2) is 34.0 Å². The molecule has 1 unspecified atom stereocenters. The van der Waals surface area contributed by atoms with Gasteiger partial charge in [-0.2, -0.15) is 5.10 Å². The zero-order valence-electron chi connectivity index (χ0n) is 15.0. The first-order chi connectivity index (χ1) is 13.1. The Morgan fingerprint density at radius 2 is 2.11 bits per heavy atom. The van der Waals surface area contributed by atoms with Crippen LogP contribution in [0.4, 0.5) is 0 Å². The predicted octanol–water partition coefficient (Wildman–Crippen LogP) is 3.18. The summed E-state index contributed by atoms with van der Waals surface area (Å²) in [6.07, 6.45) is 4.18. The van der Waals surface area contributed by atoms with E-state index < -0.39 is 0 Å². The molecule has 1 fully saturated rings. The number of rotatable bonds is 5. The van der Waals surface area contributed by atoms with Crippen LogP contribution in [0.15, 0.2) is 29.6 Å². The number of ether oxygens (including phenoxy) is 1. The van der Waals surface area contributed by atoms with Crippen LogP contribution in [0.1, 0.15) is 36.2 Å². The first kappa shape index (κ1) is 18.6. The summed E-state index contributed by atoms with van der Waals surface area (Å²) < 4.78 is 9.21. The lowest BCUT2D eigenvalue weighted by Crippen LogP contribution is -2.35. The molecule has 0 radical (unpaired) electrons. The number of hydrogen-bond acceptors (Lipinski definition) is 4. The summed E-state index contributed by atoms with van der Waals surface area (Å²) >= 11 is 12.7. The number of benzene rings is 1. The second-order valence-corrected chi connectivity index (χ2v) is 7.79. The topological polar surface area (TPSA) is 61.1 Å². The van der Waals surface area contributed by atoms with E-state index in [4.69, 9.17) is 27.9 Å². The third-order valence-electron chi connectivity index (χ3n) is 5.31. The molecular weight excluding hydrogens is 387 g/mol. The Morgan fingerprint density at radius 1 is 1.33 bits per heavy atom. The van der Waals surface area contributed by atoms with Crippen molar-refractivity contribution in [3.8, 4) is 5.75 Å². The normalized spacial score (nSPS) is 19.9. The number of hydrogen-bond donors (Lipinski definition) is 1. The van der Waals surface area contributed by atoms with Gasteiger partial charge in [-0.25, -0.2) is 9.48 Å². The number of aromatic nitrogens is 3. The third kappa shape index (κ3) is 3.42. The zero-order chi connectivity index (χ0) is 19.0. The van der Waals surface area contributed by atoms with Gasteiger partial charge in [0, 0.05) is 24.4 Å². The highest BCUT2D eigenvalue weighted by Gasteiger charge is 2.33. The molecule has 8 heteroatoms. The molecule has 1 aromatic carbocycles. The minimum atomic E-state index is -0.0360. The van der Waals surface area contributed by atoms with Crippen LogP contribution in [0.2, 0.25) is 10.0 Å². The van der Waals surface area contributed by atoms with Crippen molar-refractivity contribution in [2.75, 3.05) is 19.7 Å². The van der Waals surface area contributed by atoms with Gasteiger partial charge in [-0.1, -0.05) is 35.9 Å². The van der Waals surface area contributed by atoms with Crippen LogP contribution in [0, 0.1) is 0 Å². The monoisotopic (exact) mass is 408 g/mol. The van der Waals surface area contributed by atoms with Crippen molar-refractivity contribution in [1.29, 1.82) is 0 Å². The maximum atomic E-state index is 12.9. The molecule has 2 aliphatic heterocycles. The predicted molar refractivity (Wildman–Crippen MR) is 106 cm³/mol. The molecule has 3 heterocycles. The third-order valence-corrected chi connectivity index (χ3v) is 6.12. The second-order valence-electron chi connectivity index (χ2n) is 7.01. The molecule has 2 aromatic rings. The van der Waals surface area contributed by atoms with Gasteiger partial charge in [-0.15, -0.1) is 0 Å². The first-order valence-electron chi connectivity index (χ1n) is 9.20. The van der Waals surface area contributed by atoms with E-state index in [-0.39, 0.29) is 17.6 Å². The van der Waals surface area contributed by atoms with Crippen molar-refractivity contribution in [3.05, 3.63) is 56.7 Å². The fourth-order valence-corrected chi connectivity index (χ4v) is 4.46. The fourth-order valence-electron chi connectivity index (χ4n) is 3.98. The molecule has 1 aromatic heterocycles. The van der Waals surface area contributed by atoms with E-state index >= 15 is 0 Å². The summed E-state index contributed by atoms with van der Waals surface area (Å²) in [5.41, 5.74) is 0.801. The summed E-state index contributed by atoms with van der Waals surface area (Å²) in [6, 6.07) is 3.72. The minimum absolute atomic E-state index is 0.00823. The van der Waals surface area contributed by atoms with Crippen molar-refractivity contribution >= 4 is 23.2 Å². The van der Waals surface area contributed by atoms with Gasteiger partial charge < -0.3 is 10.1 Å². The molecule has 6 nitrogen and oxygen atoms in total. The number of nitrogens with one attached hydrogen (secondary N) is 1. The number of fused-ring (bicyclic) bond motifs is 1. The van der Waals surface area contributed by atoms with Gasteiger partial charge in [0.1, 0.15) is 18.2 Å². The lowest BCUT2D eigenvalue weighted by Gasteiger charge is -2.22. The Bertz CT molecular complexity index is 915. The van der Waals surface area contributed by atoms with Gasteiger partial charge in [0.15, 0.2) is 0 Å². The van der Waals surface area contributed by atoms with Crippen molar-refractivity contribution in [2.45, 2.75) is 37.8 Å². The van der Waals surface area contributed by atoms with Gasteiger partial charge in [0.25, 0.3) is 0 Å². The number of piperidine rings is 1. The van der Waals surface area contributed by atoms with Gasteiger partial charge >= 0.3 is 5.69 Å². The summed E-state index contributed by atoms with van der Waals surface area (Å²) in [4.78, 5) is 12.9. The Balaban J connectivity index is 1.63. The standard InChI is InChI=1S/C19H22Cl2N4O2/c1-2-9-27-15-4-3-14(20)18(21)17(15)12-10-16-23-25(19(26)24(16)11-12)13-5-7-22-8-6-13/h2-4,12-13,22H,1,5-11H2. The molecule has 2 aliphatic rings. The summed E-state index contributed by atoms with van der Waals surface area (Å²) in [5.74, 6) is 1.49. The summed E-state index contributed by atoms with van der Waals surface area (Å²) in [7, 11) is 0. The Hall–Kier alpha value is -1.76. The van der Waals surface area contributed by atoms with Gasteiger partial charge in [0.2, 0.25) is 0 Å². The molecule has 144 valence electrons. The van der Waals surface area contributed by atoms with Crippen molar-refractivity contribution in [3.63, 3.8) is 0 Å². The highest BCUT2D eigenvalue weighted by atomic mass is 35.5. The van der Waals surface area contributed by atoms with Crippen LogP contribution in [0.5, 0.6) is 5.75 Å². The Labute approximate surface area is 167 Å². The maximum absolute atomic E-state index is 12.9. The Morgan fingerprint density at radius 3 is 2.81 bits per heavy atom. The lowest BCUT2D eigenvalue weighted by molar-refractivity contribution is 0.329. The van der Waals surface area contributed by atoms with Gasteiger partial charge in [0.05, 0.1) is 16.1 Å². The van der Waals surface area contributed by atoms with Crippen LogP contribution in [0.25, 0.3) is 0 Å². The largest absolute Gasteiger partial charge is 0.489 e. The molecule has 0 spiro atoms. The molecule has 0 bridgehead atoms. The number of nitrogens with zero attached hydrogens (tertiary/aromatic N) is 3. The number of halogens is 2. The maximum Gasteiger partial charge on any atom is 0.346 e. The van der Waals surface area contributed by atoms with E-state index in [2.05, 4.69) is 17.0 Å². The van der Waals surface area contributed by atoms with Crippen molar-refractivity contribution in [1.82, 2.24) is 19.7 Å². The molecule has 0 aliphatic carbocycles. The molecule has 27 heavy (non-hydrogen) atoms. The van der Waals surface area contributed by atoms with E-state index in [1.807, 2.05) is 6.07 Å². The molecule has 0 saturated carbocycles. The Kier molecular flexibility index (Phi) is 5.30. The molecule has 4 rings (SSSR count). The quantitative estimate of drug-likeness (QED) is 0.771. The summed E-state index contributed by atoms with van der Waals surface area (Å²) in [5, 5.41) is 8.92. The second kappa shape index (κ2) is 7.70. The van der Waals surface area contributed by atoms with Crippen molar-refractivity contribution in [2.24, 2.45) is 0 Å². The SMILES string of the molecule is C=CCOc1ccc(Cl)c(Cl)c1C1Cc2nn(C3CCNCC3)c(=O)n2C1. The van der Waals surface area contributed by atoms with Gasteiger partial charge in [-0.3, -0.25) is 4.57 Å². The molecular formula is C19H22Cl2N4O2. The van der Waals surface area contributed by atoms with E-state index in [0.29, 0.717) is 35.4 Å². The van der Waals surface area contributed by atoms with Crippen LogP contribution >= 0.6 is 23.2 Å².